The molecule has 1 amide bonds. The summed E-state index contributed by atoms with van der Waals surface area (Å²) < 4.78 is 4.94. The van der Waals surface area contributed by atoms with E-state index in [1.165, 1.54) is 0 Å². The molecule has 1 heterocycles. The summed E-state index contributed by atoms with van der Waals surface area (Å²) in [6.45, 7) is 4.24. The van der Waals surface area contributed by atoms with Gasteiger partial charge in [0, 0.05) is 24.9 Å². The fourth-order valence-electron chi connectivity index (χ4n) is 1.14. The molecule has 0 saturated carbocycles. The van der Waals surface area contributed by atoms with Gasteiger partial charge < -0.3 is 10.1 Å². The SMILES string of the molecule is COc1ccc(CNC(=O)C=C(C)C)cn1. The van der Waals surface area contributed by atoms with Crippen molar-refractivity contribution >= 4 is 5.91 Å². The summed E-state index contributed by atoms with van der Waals surface area (Å²) in [5.41, 5.74) is 1.92. The first-order chi connectivity index (χ1) is 7.61. The van der Waals surface area contributed by atoms with Crippen LogP contribution in [-0.2, 0) is 11.3 Å². The topological polar surface area (TPSA) is 51.2 Å². The van der Waals surface area contributed by atoms with Crippen molar-refractivity contribution in [3.63, 3.8) is 0 Å². The fraction of sp³-hybridized carbons (Fsp3) is 0.333. The Morgan fingerprint density at radius 1 is 1.50 bits per heavy atom. The lowest BCUT2D eigenvalue weighted by Gasteiger charge is -2.03. The number of ether oxygens (including phenoxy) is 1. The minimum atomic E-state index is -0.0872. The van der Waals surface area contributed by atoms with Crippen LogP contribution in [0, 0.1) is 0 Å². The van der Waals surface area contributed by atoms with E-state index in [0.29, 0.717) is 12.4 Å². The summed E-state index contributed by atoms with van der Waals surface area (Å²) in [7, 11) is 1.57. The third-order valence-corrected chi connectivity index (χ3v) is 1.89. The molecule has 0 bridgehead atoms. The van der Waals surface area contributed by atoms with Crippen LogP contribution in [0.25, 0.3) is 0 Å². The molecule has 0 radical (unpaired) electrons. The molecule has 1 aromatic heterocycles. The number of methoxy groups -OCH3 is 1. The van der Waals surface area contributed by atoms with Crippen LogP contribution in [-0.4, -0.2) is 18.0 Å². The number of nitrogens with one attached hydrogen (secondary N) is 1. The first-order valence-corrected chi connectivity index (χ1v) is 5.03. The number of hydrogen-bond acceptors (Lipinski definition) is 3. The maximum Gasteiger partial charge on any atom is 0.244 e. The van der Waals surface area contributed by atoms with Gasteiger partial charge in [-0.25, -0.2) is 4.98 Å². The van der Waals surface area contributed by atoms with Crippen LogP contribution in [0.2, 0.25) is 0 Å². The van der Waals surface area contributed by atoms with Crippen molar-refractivity contribution in [1.29, 1.82) is 0 Å². The Kier molecular flexibility index (Phi) is 4.51. The molecule has 0 aliphatic carbocycles. The second-order valence-electron chi connectivity index (χ2n) is 3.65. The highest BCUT2D eigenvalue weighted by Crippen LogP contribution is 2.06. The molecule has 0 aromatic carbocycles. The number of amides is 1. The number of aromatic nitrogens is 1. The Hall–Kier alpha value is -1.84. The van der Waals surface area contributed by atoms with Crippen molar-refractivity contribution in [2.75, 3.05) is 7.11 Å². The van der Waals surface area contributed by atoms with Crippen molar-refractivity contribution < 1.29 is 9.53 Å². The molecule has 0 unspecified atom stereocenters. The van der Waals surface area contributed by atoms with E-state index in [2.05, 4.69) is 10.3 Å². The highest BCUT2D eigenvalue weighted by molar-refractivity contribution is 5.87. The number of rotatable bonds is 4. The number of nitrogens with zero attached hydrogens (tertiary/aromatic N) is 1. The van der Waals surface area contributed by atoms with Gasteiger partial charge in [-0.1, -0.05) is 11.6 Å². The molecule has 1 N–H and O–H groups in total. The molecule has 0 atom stereocenters. The molecule has 0 spiro atoms. The minimum Gasteiger partial charge on any atom is -0.481 e. The molecule has 0 saturated heterocycles. The first-order valence-electron chi connectivity index (χ1n) is 5.03. The quantitative estimate of drug-likeness (QED) is 0.785. The van der Waals surface area contributed by atoms with Gasteiger partial charge in [0.1, 0.15) is 0 Å². The molecule has 0 aliphatic rings. The summed E-state index contributed by atoms with van der Waals surface area (Å²) >= 11 is 0. The lowest BCUT2D eigenvalue weighted by atomic mass is 10.2. The highest BCUT2D eigenvalue weighted by Gasteiger charge is 1.98. The summed E-state index contributed by atoms with van der Waals surface area (Å²) in [6, 6.07) is 3.64. The Balaban J connectivity index is 2.48. The maximum absolute atomic E-state index is 11.3. The van der Waals surface area contributed by atoms with Crippen molar-refractivity contribution in [2.45, 2.75) is 20.4 Å². The smallest absolute Gasteiger partial charge is 0.244 e. The van der Waals surface area contributed by atoms with Crippen molar-refractivity contribution in [3.8, 4) is 5.88 Å². The molecule has 16 heavy (non-hydrogen) atoms. The average Bonchev–Trinajstić information content (AvgIpc) is 2.26. The van der Waals surface area contributed by atoms with E-state index >= 15 is 0 Å². The standard InChI is InChI=1S/C12H16N2O2/c1-9(2)6-11(15)13-7-10-4-5-12(16-3)14-8-10/h4-6,8H,7H2,1-3H3,(H,13,15). The van der Waals surface area contributed by atoms with E-state index in [4.69, 9.17) is 4.74 Å². The molecule has 4 heteroatoms. The second-order valence-corrected chi connectivity index (χ2v) is 3.65. The summed E-state index contributed by atoms with van der Waals surface area (Å²) in [5.74, 6) is 0.482. The maximum atomic E-state index is 11.3. The van der Waals surface area contributed by atoms with Crippen LogP contribution in [0.1, 0.15) is 19.4 Å². The van der Waals surface area contributed by atoms with Gasteiger partial charge in [0.15, 0.2) is 0 Å². The predicted octanol–water partition coefficient (Wildman–Crippen LogP) is 1.67. The summed E-state index contributed by atoms with van der Waals surface area (Å²) in [5, 5.41) is 2.77. The van der Waals surface area contributed by atoms with Crippen LogP contribution in [0.5, 0.6) is 5.88 Å². The third-order valence-electron chi connectivity index (χ3n) is 1.89. The van der Waals surface area contributed by atoms with E-state index in [-0.39, 0.29) is 5.91 Å². The van der Waals surface area contributed by atoms with Crippen molar-refractivity contribution in [2.24, 2.45) is 0 Å². The zero-order chi connectivity index (χ0) is 12.0. The van der Waals surface area contributed by atoms with E-state index in [9.17, 15) is 4.79 Å². The largest absolute Gasteiger partial charge is 0.481 e. The third kappa shape index (κ3) is 4.13. The second kappa shape index (κ2) is 5.90. The zero-order valence-electron chi connectivity index (χ0n) is 9.78. The van der Waals surface area contributed by atoms with E-state index in [1.54, 1.807) is 25.4 Å². The van der Waals surface area contributed by atoms with Crippen LogP contribution >= 0.6 is 0 Å². The van der Waals surface area contributed by atoms with Crippen LogP contribution in [0.15, 0.2) is 30.0 Å². The molecule has 4 nitrogen and oxygen atoms in total. The van der Waals surface area contributed by atoms with Gasteiger partial charge in [-0.15, -0.1) is 0 Å². The molecule has 0 aliphatic heterocycles. The monoisotopic (exact) mass is 220 g/mol. The van der Waals surface area contributed by atoms with Gasteiger partial charge >= 0.3 is 0 Å². The van der Waals surface area contributed by atoms with E-state index < -0.39 is 0 Å². The van der Waals surface area contributed by atoms with Crippen LogP contribution < -0.4 is 10.1 Å². The molecule has 0 fully saturated rings. The van der Waals surface area contributed by atoms with E-state index in [1.807, 2.05) is 19.9 Å². The van der Waals surface area contributed by atoms with Crippen molar-refractivity contribution in [3.05, 3.63) is 35.5 Å². The Morgan fingerprint density at radius 3 is 2.75 bits per heavy atom. The lowest BCUT2D eigenvalue weighted by molar-refractivity contribution is -0.116. The van der Waals surface area contributed by atoms with Crippen LogP contribution in [0.4, 0.5) is 0 Å². The molecule has 1 aromatic rings. The van der Waals surface area contributed by atoms with Gasteiger partial charge in [0.25, 0.3) is 0 Å². The summed E-state index contributed by atoms with van der Waals surface area (Å²) in [4.78, 5) is 15.4. The van der Waals surface area contributed by atoms with Gasteiger partial charge in [0.2, 0.25) is 11.8 Å². The number of carbonyl (C=O) groups excluding carboxylic acids is 1. The highest BCUT2D eigenvalue weighted by atomic mass is 16.5. The molecule has 1 rings (SSSR count). The average molecular weight is 220 g/mol. The Labute approximate surface area is 95.3 Å². The molecule has 86 valence electrons. The Bertz CT molecular complexity index is 379. The number of hydrogen-bond donors (Lipinski definition) is 1. The lowest BCUT2D eigenvalue weighted by Crippen LogP contribution is -2.20. The fourth-order valence-corrected chi connectivity index (χ4v) is 1.14. The summed E-state index contributed by atoms with van der Waals surface area (Å²) in [6.07, 6.45) is 3.25. The normalized spacial score (nSPS) is 9.44. The van der Waals surface area contributed by atoms with Gasteiger partial charge in [-0.05, 0) is 19.4 Å². The van der Waals surface area contributed by atoms with Gasteiger partial charge in [0.05, 0.1) is 7.11 Å². The van der Waals surface area contributed by atoms with Crippen LogP contribution in [0.3, 0.4) is 0 Å². The predicted molar refractivity (Wildman–Crippen MR) is 62.1 cm³/mol. The van der Waals surface area contributed by atoms with Crippen molar-refractivity contribution in [1.82, 2.24) is 10.3 Å². The van der Waals surface area contributed by atoms with E-state index in [0.717, 1.165) is 11.1 Å². The molecular formula is C12H16N2O2. The number of allylic oxidation sites excluding steroid dienone is 1. The molecular weight excluding hydrogens is 204 g/mol. The van der Waals surface area contributed by atoms with Gasteiger partial charge in [-0.2, -0.15) is 0 Å². The number of carbonyl (C=O) groups is 1. The minimum absolute atomic E-state index is 0.0872. The zero-order valence-corrected chi connectivity index (χ0v) is 9.78. The number of pyridine rings is 1. The Morgan fingerprint density at radius 2 is 2.25 bits per heavy atom. The first kappa shape index (κ1) is 12.2. The van der Waals surface area contributed by atoms with Gasteiger partial charge in [-0.3, -0.25) is 4.79 Å².